The zero-order valence-electron chi connectivity index (χ0n) is 12.1. The van der Waals surface area contributed by atoms with E-state index in [9.17, 15) is 9.18 Å². The summed E-state index contributed by atoms with van der Waals surface area (Å²) in [6, 6.07) is 4.61. The van der Waals surface area contributed by atoms with Crippen molar-refractivity contribution in [2.75, 3.05) is 24.3 Å². The van der Waals surface area contributed by atoms with Gasteiger partial charge in [0.1, 0.15) is 5.82 Å². The van der Waals surface area contributed by atoms with E-state index < -0.39 is 0 Å². The van der Waals surface area contributed by atoms with Crippen molar-refractivity contribution >= 4 is 17.3 Å². The largest absolute Gasteiger partial charge is 0.370 e. The van der Waals surface area contributed by atoms with Crippen LogP contribution in [0.4, 0.5) is 15.8 Å². The van der Waals surface area contributed by atoms with Gasteiger partial charge in [-0.1, -0.05) is 0 Å². The van der Waals surface area contributed by atoms with E-state index >= 15 is 0 Å². The molecule has 0 spiro atoms. The molecular weight excluding hydrogens is 245 g/mol. The van der Waals surface area contributed by atoms with Crippen molar-refractivity contribution in [1.29, 1.82) is 0 Å². The number of nitrogens with zero attached hydrogens (tertiary/aromatic N) is 1. The Labute approximate surface area is 114 Å². The molecule has 2 N–H and O–H groups in total. The SMILES string of the molecule is CNC(C)C(=O)Nc1ccc(N(C)C(C)C)c(F)c1. The molecule has 1 atom stereocenters. The number of carbonyl (C=O) groups excluding carboxylic acids is 1. The van der Waals surface area contributed by atoms with Gasteiger partial charge in [-0.05, 0) is 46.0 Å². The third-order valence-corrected chi connectivity index (χ3v) is 3.20. The van der Waals surface area contributed by atoms with Crippen LogP contribution in [0.5, 0.6) is 0 Å². The molecule has 0 radical (unpaired) electrons. The third-order valence-electron chi connectivity index (χ3n) is 3.20. The van der Waals surface area contributed by atoms with Gasteiger partial charge in [0.25, 0.3) is 0 Å². The molecule has 0 aliphatic heterocycles. The second-order valence-electron chi connectivity index (χ2n) is 4.87. The average Bonchev–Trinajstić information content (AvgIpc) is 2.37. The number of rotatable bonds is 5. The monoisotopic (exact) mass is 267 g/mol. The Morgan fingerprint density at radius 3 is 2.42 bits per heavy atom. The molecule has 0 saturated carbocycles. The summed E-state index contributed by atoms with van der Waals surface area (Å²) in [5.74, 6) is -0.530. The number of hydrogen-bond acceptors (Lipinski definition) is 3. The van der Waals surface area contributed by atoms with Gasteiger partial charge in [-0.2, -0.15) is 0 Å². The Morgan fingerprint density at radius 1 is 1.32 bits per heavy atom. The molecule has 1 aromatic rings. The van der Waals surface area contributed by atoms with Crippen LogP contribution in [0.2, 0.25) is 0 Å². The number of carbonyl (C=O) groups is 1. The molecule has 1 unspecified atom stereocenters. The van der Waals surface area contributed by atoms with Crippen molar-refractivity contribution in [3.63, 3.8) is 0 Å². The van der Waals surface area contributed by atoms with Crippen LogP contribution < -0.4 is 15.5 Å². The Balaban J connectivity index is 2.85. The number of amides is 1. The maximum absolute atomic E-state index is 14.0. The van der Waals surface area contributed by atoms with E-state index in [1.807, 2.05) is 25.8 Å². The molecule has 1 rings (SSSR count). The predicted molar refractivity (Wildman–Crippen MR) is 77.1 cm³/mol. The van der Waals surface area contributed by atoms with Crippen LogP contribution in [-0.2, 0) is 4.79 Å². The van der Waals surface area contributed by atoms with Gasteiger partial charge in [-0.15, -0.1) is 0 Å². The van der Waals surface area contributed by atoms with Crippen molar-refractivity contribution in [3.8, 4) is 0 Å². The molecule has 0 aromatic heterocycles. The fraction of sp³-hybridized carbons (Fsp3) is 0.500. The van der Waals surface area contributed by atoms with E-state index in [0.717, 1.165) is 0 Å². The Bertz CT molecular complexity index is 448. The van der Waals surface area contributed by atoms with Crippen molar-refractivity contribution < 1.29 is 9.18 Å². The fourth-order valence-electron chi connectivity index (χ4n) is 1.53. The first-order chi connectivity index (χ1) is 8.86. The van der Waals surface area contributed by atoms with Gasteiger partial charge < -0.3 is 15.5 Å². The number of likely N-dealkylation sites (N-methyl/N-ethyl adjacent to an activating group) is 1. The first kappa shape index (κ1) is 15.4. The van der Waals surface area contributed by atoms with Crippen molar-refractivity contribution in [2.45, 2.75) is 32.9 Å². The van der Waals surface area contributed by atoms with Gasteiger partial charge in [0, 0.05) is 18.8 Å². The summed E-state index contributed by atoms with van der Waals surface area (Å²) >= 11 is 0. The van der Waals surface area contributed by atoms with Crippen molar-refractivity contribution in [1.82, 2.24) is 5.32 Å². The van der Waals surface area contributed by atoms with Crippen LogP contribution in [-0.4, -0.2) is 32.1 Å². The zero-order chi connectivity index (χ0) is 14.6. The fourth-order valence-corrected chi connectivity index (χ4v) is 1.53. The molecule has 0 saturated heterocycles. The minimum atomic E-state index is -0.342. The molecule has 106 valence electrons. The molecule has 5 heteroatoms. The van der Waals surface area contributed by atoms with Crippen LogP contribution in [0.1, 0.15) is 20.8 Å². The smallest absolute Gasteiger partial charge is 0.241 e. The standard InChI is InChI=1S/C14H22FN3O/c1-9(2)18(5)13-7-6-11(8-12(13)15)17-14(19)10(3)16-4/h6-10,16H,1-5H3,(H,17,19). The lowest BCUT2D eigenvalue weighted by Crippen LogP contribution is -2.35. The number of nitrogens with one attached hydrogen (secondary N) is 2. The molecule has 0 heterocycles. The Hall–Kier alpha value is -1.62. The summed E-state index contributed by atoms with van der Waals surface area (Å²) in [6.07, 6.45) is 0. The van der Waals surface area contributed by atoms with Gasteiger partial charge >= 0.3 is 0 Å². The van der Waals surface area contributed by atoms with E-state index in [4.69, 9.17) is 0 Å². The number of benzene rings is 1. The molecule has 0 aliphatic rings. The van der Waals surface area contributed by atoms with Gasteiger partial charge in [0.05, 0.1) is 11.7 Å². The van der Waals surface area contributed by atoms with Crippen LogP contribution in [0.25, 0.3) is 0 Å². The highest BCUT2D eigenvalue weighted by Gasteiger charge is 2.14. The van der Waals surface area contributed by atoms with Crippen LogP contribution in [0.3, 0.4) is 0 Å². The second kappa shape index (κ2) is 6.52. The van der Waals surface area contributed by atoms with Crippen LogP contribution in [0, 0.1) is 5.82 Å². The first-order valence-electron chi connectivity index (χ1n) is 6.37. The summed E-state index contributed by atoms with van der Waals surface area (Å²) in [4.78, 5) is 13.5. The van der Waals surface area contributed by atoms with Gasteiger partial charge in [0.2, 0.25) is 5.91 Å². The summed E-state index contributed by atoms with van der Waals surface area (Å²) in [5.41, 5.74) is 0.986. The first-order valence-corrected chi connectivity index (χ1v) is 6.37. The Morgan fingerprint density at radius 2 is 1.95 bits per heavy atom. The molecule has 1 aromatic carbocycles. The van der Waals surface area contributed by atoms with E-state index in [1.54, 1.807) is 26.1 Å². The molecular formula is C14H22FN3O. The normalized spacial score (nSPS) is 12.4. The molecule has 1 amide bonds. The van der Waals surface area contributed by atoms with Gasteiger partial charge in [0.15, 0.2) is 0 Å². The summed E-state index contributed by atoms with van der Waals surface area (Å²) in [6.45, 7) is 5.72. The summed E-state index contributed by atoms with van der Waals surface area (Å²) < 4.78 is 14.0. The molecule has 19 heavy (non-hydrogen) atoms. The third kappa shape index (κ3) is 3.92. The lowest BCUT2D eigenvalue weighted by Gasteiger charge is -2.24. The predicted octanol–water partition coefficient (Wildman–Crippen LogP) is 2.22. The van der Waals surface area contributed by atoms with E-state index in [-0.39, 0.29) is 23.8 Å². The minimum Gasteiger partial charge on any atom is -0.370 e. The summed E-state index contributed by atoms with van der Waals surface area (Å²) in [7, 11) is 3.54. The number of anilines is 2. The van der Waals surface area contributed by atoms with Crippen molar-refractivity contribution in [3.05, 3.63) is 24.0 Å². The molecule has 0 bridgehead atoms. The highest BCUT2D eigenvalue weighted by atomic mass is 19.1. The molecule has 0 fully saturated rings. The topological polar surface area (TPSA) is 44.4 Å². The average molecular weight is 267 g/mol. The Kier molecular flexibility index (Phi) is 5.30. The second-order valence-corrected chi connectivity index (χ2v) is 4.87. The highest BCUT2D eigenvalue weighted by Crippen LogP contribution is 2.23. The van der Waals surface area contributed by atoms with Crippen LogP contribution >= 0.6 is 0 Å². The highest BCUT2D eigenvalue weighted by molar-refractivity contribution is 5.94. The summed E-state index contributed by atoms with van der Waals surface area (Å²) in [5, 5.41) is 5.50. The van der Waals surface area contributed by atoms with Gasteiger partial charge in [-0.3, -0.25) is 4.79 Å². The van der Waals surface area contributed by atoms with Crippen LogP contribution in [0.15, 0.2) is 18.2 Å². The van der Waals surface area contributed by atoms with E-state index in [1.165, 1.54) is 6.07 Å². The zero-order valence-corrected chi connectivity index (χ0v) is 12.1. The minimum absolute atomic E-state index is 0.188. The van der Waals surface area contributed by atoms with E-state index in [0.29, 0.717) is 11.4 Å². The maximum Gasteiger partial charge on any atom is 0.241 e. The van der Waals surface area contributed by atoms with E-state index in [2.05, 4.69) is 10.6 Å². The van der Waals surface area contributed by atoms with Gasteiger partial charge in [-0.25, -0.2) is 4.39 Å². The lowest BCUT2D eigenvalue weighted by atomic mass is 10.2. The molecule has 0 aliphatic carbocycles. The lowest BCUT2D eigenvalue weighted by molar-refractivity contribution is -0.117. The molecule has 4 nitrogen and oxygen atoms in total. The quantitative estimate of drug-likeness (QED) is 0.859. The number of hydrogen-bond donors (Lipinski definition) is 2. The number of halogens is 1. The maximum atomic E-state index is 14.0. The van der Waals surface area contributed by atoms with Crippen molar-refractivity contribution in [2.24, 2.45) is 0 Å².